The lowest BCUT2D eigenvalue weighted by atomic mass is 9.99. The van der Waals surface area contributed by atoms with Crippen LogP contribution in [0.5, 0.6) is 0 Å². The van der Waals surface area contributed by atoms with Gasteiger partial charge in [0.15, 0.2) is 0 Å². The van der Waals surface area contributed by atoms with Crippen molar-refractivity contribution in [2.24, 2.45) is 10.9 Å². The molecule has 0 saturated carbocycles. The second-order valence-corrected chi connectivity index (χ2v) is 3.26. The van der Waals surface area contributed by atoms with Gasteiger partial charge in [-0.2, -0.15) is 0 Å². The van der Waals surface area contributed by atoms with E-state index in [-0.39, 0.29) is 0 Å². The number of aliphatic imine (C=N–C) groups is 1. The van der Waals surface area contributed by atoms with Crippen LogP contribution < -0.4 is 0 Å². The van der Waals surface area contributed by atoms with Crippen molar-refractivity contribution < 1.29 is 0 Å². The van der Waals surface area contributed by atoms with E-state index < -0.39 is 0 Å². The van der Waals surface area contributed by atoms with E-state index in [1.807, 2.05) is 0 Å². The maximum Gasteiger partial charge on any atom is 0.0394 e. The minimum atomic E-state index is 0.826. The first-order valence-corrected chi connectivity index (χ1v) is 4.12. The summed E-state index contributed by atoms with van der Waals surface area (Å²) in [4.78, 5) is 4.40. The Morgan fingerprint density at radius 1 is 1.50 bits per heavy atom. The van der Waals surface area contributed by atoms with Crippen LogP contribution in [0.3, 0.4) is 0 Å². The van der Waals surface area contributed by atoms with Gasteiger partial charge in [0, 0.05) is 11.9 Å². The normalized spacial score (nSPS) is 31.1. The molecule has 54 valence electrons. The molecule has 1 heterocycles. The maximum absolute atomic E-state index is 4.40. The van der Waals surface area contributed by atoms with Crippen molar-refractivity contribution in [1.82, 2.24) is 0 Å². The molecule has 0 fully saturated rings. The van der Waals surface area contributed by atoms with E-state index in [0.29, 0.717) is 0 Å². The zero-order valence-electron chi connectivity index (χ0n) is 6.43. The fourth-order valence-corrected chi connectivity index (χ4v) is 1.91. The van der Waals surface area contributed by atoms with Crippen molar-refractivity contribution in [3.63, 3.8) is 0 Å². The highest BCUT2D eigenvalue weighted by molar-refractivity contribution is 5.62. The van der Waals surface area contributed by atoms with Gasteiger partial charge in [-0.05, 0) is 37.2 Å². The predicted octanol–water partition coefficient (Wildman–Crippen LogP) is 2.54. The highest BCUT2D eigenvalue weighted by Crippen LogP contribution is 2.36. The molecule has 1 nitrogen and oxygen atoms in total. The van der Waals surface area contributed by atoms with E-state index in [1.54, 1.807) is 5.57 Å². The van der Waals surface area contributed by atoms with Gasteiger partial charge in [0.2, 0.25) is 0 Å². The molecule has 1 unspecified atom stereocenters. The van der Waals surface area contributed by atoms with E-state index in [4.69, 9.17) is 0 Å². The molecule has 0 spiro atoms. The lowest BCUT2D eigenvalue weighted by Gasteiger charge is -2.10. The summed E-state index contributed by atoms with van der Waals surface area (Å²) in [6.45, 7) is 2.32. The largest absolute Gasteiger partial charge is 0.266 e. The van der Waals surface area contributed by atoms with Crippen LogP contribution in [0.2, 0.25) is 0 Å². The Hall–Kier alpha value is -0.590. The molecule has 1 aliphatic carbocycles. The Morgan fingerprint density at radius 2 is 2.40 bits per heavy atom. The van der Waals surface area contributed by atoms with Gasteiger partial charge in [0.25, 0.3) is 0 Å². The maximum atomic E-state index is 4.40. The molecule has 0 aromatic carbocycles. The Bertz CT molecular complexity index is 201. The van der Waals surface area contributed by atoms with Crippen LogP contribution in [0.25, 0.3) is 0 Å². The van der Waals surface area contributed by atoms with E-state index in [9.17, 15) is 0 Å². The zero-order valence-corrected chi connectivity index (χ0v) is 6.43. The standard InChI is InChI=1S/C9H13N/c1-7-4-5-9-8(7)3-2-6-10-9/h6-7H,2-5H2,1H3. The van der Waals surface area contributed by atoms with Crippen molar-refractivity contribution in [3.8, 4) is 0 Å². The van der Waals surface area contributed by atoms with E-state index in [1.165, 1.54) is 31.4 Å². The van der Waals surface area contributed by atoms with Gasteiger partial charge in [-0.15, -0.1) is 0 Å². The summed E-state index contributed by atoms with van der Waals surface area (Å²) in [5.41, 5.74) is 3.04. The van der Waals surface area contributed by atoms with Gasteiger partial charge < -0.3 is 0 Å². The third-order valence-corrected chi connectivity index (χ3v) is 2.57. The summed E-state index contributed by atoms with van der Waals surface area (Å²) in [5.74, 6) is 0.826. The van der Waals surface area contributed by atoms with E-state index >= 15 is 0 Å². The number of hydrogen-bond acceptors (Lipinski definition) is 1. The molecule has 1 atom stereocenters. The van der Waals surface area contributed by atoms with Crippen LogP contribution in [-0.2, 0) is 0 Å². The van der Waals surface area contributed by atoms with Crippen LogP contribution in [0.4, 0.5) is 0 Å². The second-order valence-electron chi connectivity index (χ2n) is 3.26. The highest BCUT2D eigenvalue weighted by atomic mass is 14.8. The van der Waals surface area contributed by atoms with E-state index in [0.717, 1.165) is 5.92 Å². The predicted molar refractivity (Wildman–Crippen MR) is 43.2 cm³/mol. The zero-order chi connectivity index (χ0) is 6.97. The van der Waals surface area contributed by atoms with Crippen molar-refractivity contribution in [2.45, 2.75) is 32.6 Å². The lowest BCUT2D eigenvalue weighted by molar-refractivity contribution is 0.648. The summed E-state index contributed by atoms with van der Waals surface area (Å²) in [6.07, 6.45) is 7.08. The molecule has 1 heteroatoms. The first-order valence-electron chi connectivity index (χ1n) is 4.12. The van der Waals surface area contributed by atoms with Crippen LogP contribution in [0, 0.1) is 5.92 Å². The Labute approximate surface area is 61.9 Å². The summed E-state index contributed by atoms with van der Waals surface area (Å²) < 4.78 is 0. The monoisotopic (exact) mass is 135 g/mol. The molecule has 0 aromatic rings. The topological polar surface area (TPSA) is 12.4 Å². The summed E-state index contributed by atoms with van der Waals surface area (Å²) in [5, 5.41) is 0. The van der Waals surface area contributed by atoms with Gasteiger partial charge >= 0.3 is 0 Å². The SMILES string of the molecule is CC1CCC2=C1CCC=N2. The molecule has 0 N–H and O–H groups in total. The van der Waals surface area contributed by atoms with Crippen LogP contribution in [0.1, 0.15) is 32.6 Å². The minimum absolute atomic E-state index is 0.826. The molecular weight excluding hydrogens is 122 g/mol. The van der Waals surface area contributed by atoms with Crippen molar-refractivity contribution >= 4 is 6.21 Å². The second kappa shape index (κ2) is 2.22. The average Bonchev–Trinajstić information content (AvgIpc) is 2.34. The van der Waals surface area contributed by atoms with Gasteiger partial charge in [-0.3, -0.25) is 4.99 Å². The van der Waals surface area contributed by atoms with Gasteiger partial charge in [0.1, 0.15) is 0 Å². The fraction of sp³-hybridized carbons (Fsp3) is 0.667. The van der Waals surface area contributed by atoms with Gasteiger partial charge in [-0.1, -0.05) is 6.92 Å². The molecule has 10 heavy (non-hydrogen) atoms. The number of hydrogen-bond donors (Lipinski definition) is 0. The first-order chi connectivity index (χ1) is 4.88. The quantitative estimate of drug-likeness (QED) is 0.484. The summed E-state index contributed by atoms with van der Waals surface area (Å²) in [7, 11) is 0. The molecule has 2 aliphatic rings. The van der Waals surface area contributed by atoms with Crippen LogP contribution >= 0.6 is 0 Å². The van der Waals surface area contributed by atoms with Crippen LogP contribution in [0.15, 0.2) is 16.3 Å². The molecule has 0 aromatic heterocycles. The van der Waals surface area contributed by atoms with Crippen molar-refractivity contribution in [3.05, 3.63) is 11.3 Å². The van der Waals surface area contributed by atoms with Crippen LogP contribution in [-0.4, -0.2) is 6.21 Å². The average molecular weight is 135 g/mol. The first kappa shape index (κ1) is 6.14. The lowest BCUT2D eigenvalue weighted by Crippen LogP contribution is -1.97. The fourth-order valence-electron chi connectivity index (χ4n) is 1.91. The molecule has 1 aliphatic heterocycles. The number of rotatable bonds is 0. The third kappa shape index (κ3) is 0.808. The molecule has 0 amide bonds. The molecule has 0 radical (unpaired) electrons. The van der Waals surface area contributed by atoms with Crippen molar-refractivity contribution in [2.75, 3.05) is 0 Å². The number of allylic oxidation sites excluding steroid dienone is 2. The molecule has 2 rings (SSSR count). The summed E-state index contributed by atoms with van der Waals surface area (Å²) >= 11 is 0. The van der Waals surface area contributed by atoms with E-state index in [2.05, 4.69) is 18.1 Å². The van der Waals surface area contributed by atoms with Gasteiger partial charge in [0.05, 0.1) is 0 Å². The third-order valence-electron chi connectivity index (χ3n) is 2.57. The van der Waals surface area contributed by atoms with Crippen molar-refractivity contribution in [1.29, 1.82) is 0 Å². The molecule has 0 bridgehead atoms. The molecule has 0 saturated heterocycles. The minimum Gasteiger partial charge on any atom is -0.266 e. The van der Waals surface area contributed by atoms with Gasteiger partial charge in [-0.25, -0.2) is 0 Å². The Balaban J connectivity index is 2.29. The summed E-state index contributed by atoms with van der Waals surface area (Å²) in [6, 6.07) is 0. The smallest absolute Gasteiger partial charge is 0.0394 e. The molecular formula is C9H13N. The Kier molecular flexibility index (Phi) is 1.37. The highest BCUT2D eigenvalue weighted by Gasteiger charge is 2.22. The number of nitrogens with zero attached hydrogens (tertiary/aromatic N) is 1. The Morgan fingerprint density at radius 3 is 3.20 bits per heavy atom.